The molecule has 0 amide bonds. The summed E-state index contributed by atoms with van der Waals surface area (Å²) in [7, 11) is 0. The van der Waals surface area contributed by atoms with Crippen molar-refractivity contribution in [1.82, 2.24) is 9.97 Å². The number of nitrogens with zero attached hydrogens (tertiary/aromatic N) is 2. The fourth-order valence-electron chi connectivity index (χ4n) is 1.53. The number of halogens is 1. The highest BCUT2D eigenvalue weighted by Gasteiger charge is 2.12. The zero-order chi connectivity index (χ0) is 11.5. The van der Waals surface area contributed by atoms with Gasteiger partial charge in [0.25, 0.3) is 0 Å². The summed E-state index contributed by atoms with van der Waals surface area (Å²) in [6, 6.07) is 4.47. The first-order chi connectivity index (χ1) is 7.68. The Kier molecular flexibility index (Phi) is 2.92. The average molecular weight is 217 g/mol. The van der Waals surface area contributed by atoms with Gasteiger partial charge in [-0.2, -0.15) is 0 Å². The second-order valence-electron chi connectivity index (χ2n) is 3.61. The molecule has 0 bridgehead atoms. The zero-order valence-corrected chi connectivity index (χ0v) is 8.89. The molecular formula is C12H12FN3. The largest absolute Gasteiger partial charge is 0.319 e. The van der Waals surface area contributed by atoms with Crippen LogP contribution in [0.4, 0.5) is 4.39 Å². The summed E-state index contributed by atoms with van der Waals surface area (Å²) in [4.78, 5) is 8.00. The summed E-state index contributed by atoms with van der Waals surface area (Å²) >= 11 is 0. The van der Waals surface area contributed by atoms with Crippen LogP contribution >= 0.6 is 0 Å². The zero-order valence-electron chi connectivity index (χ0n) is 8.89. The number of hydrogen-bond acceptors (Lipinski definition) is 3. The lowest BCUT2D eigenvalue weighted by Crippen LogP contribution is -2.15. The molecule has 0 fully saturated rings. The highest BCUT2D eigenvalue weighted by Crippen LogP contribution is 2.19. The van der Waals surface area contributed by atoms with Gasteiger partial charge in [-0.05, 0) is 36.2 Å². The van der Waals surface area contributed by atoms with Crippen LogP contribution in [-0.2, 0) is 0 Å². The van der Waals surface area contributed by atoms with Crippen LogP contribution in [0.1, 0.15) is 22.9 Å². The molecule has 2 heterocycles. The molecule has 0 saturated heterocycles. The minimum atomic E-state index is -0.366. The van der Waals surface area contributed by atoms with Gasteiger partial charge < -0.3 is 5.73 Å². The van der Waals surface area contributed by atoms with E-state index in [9.17, 15) is 4.39 Å². The molecule has 0 aliphatic rings. The van der Waals surface area contributed by atoms with Gasteiger partial charge in [-0.15, -0.1) is 0 Å². The van der Waals surface area contributed by atoms with Crippen LogP contribution in [0, 0.1) is 12.7 Å². The third kappa shape index (κ3) is 2.06. The quantitative estimate of drug-likeness (QED) is 0.836. The Morgan fingerprint density at radius 2 is 2.06 bits per heavy atom. The van der Waals surface area contributed by atoms with Crippen LogP contribution in [0.3, 0.4) is 0 Å². The first-order valence-corrected chi connectivity index (χ1v) is 4.96. The van der Waals surface area contributed by atoms with E-state index < -0.39 is 0 Å². The van der Waals surface area contributed by atoms with E-state index in [1.54, 1.807) is 18.5 Å². The molecule has 3 nitrogen and oxygen atoms in total. The molecule has 0 saturated carbocycles. The highest BCUT2D eigenvalue weighted by atomic mass is 19.1. The Hall–Kier alpha value is -1.81. The molecule has 0 spiro atoms. The van der Waals surface area contributed by atoms with Crippen molar-refractivity contribution in [3.63, 3.8) is 0 Å². The molecule has 0 aliphatic heterocycles. The average Bonchev–Trinajstić information content (AvgIpc) is 2.30. The third-order valence-electron chi connectivity index (χ3n) is 2.48. The van der Waals surface area contributed by atoms with Crippen molar-refractivity contribution in [3.8, 4) is 0 Å². The van der Waals surface area contributed by atoms with E-state index in [2.05, 4.69) is 9.97 Å². The lowest BCUT2D eigenvalue weighted by molar-refractivity contribution is 0.617. The smallest absolute Gasteiger partial charge is 0.141 e. The van der Waals surface area contributed by atoms with Crippen molar-refractivity contribution in [2.75, 3.05) is 0 Å². The lowest BCUT2D eigenvalue weighted by Gasteiger charge is -2.13. The minimum Gasteiger partial charge on any atom is -0.319 e. The maximum absolute atomic E-state index is 12.7. The van der Waals surface area contributed by atoms with E-state index in [1.807, 2.05) is 13.0 Å². The lowest BCUT2D eigenvalue weighted by atomic mass is 10.0. The fraction of sp³-hybridized carbons (Fsp3) is 0.167. The number of aryl methyl sites for hydroxylation is 1. The molecule has 2 rings (SSSR count). The molecule has 2 aromatic heterocycles. The number of hydrogen-bond donors (Lipinski definition) is 1. The van der Waals surface area contributed by atoms with Crippen molar-refractivity contribution in [2.45, 2.75) is 13.0 Å². The van der Waals surface area contributed by atoms with Crippen molar-refractivity contribution in [2.24, 2.45) is 5.73 Å². The maximum atomic E-state index is 12.7. The van der Waals surface area contributed by atoms with Gasteiger partial charge in [-0.1, -0.05) is 0 Å². The predicted molar refractivity (Wildman–Crippen MR) is 59.2 cm³/mol. The van der Waals surface area contributed by atoms with Crippen molar-refractivity contribution >= 4 is 0 Å². The number of nitrogens with two attached hydrogens (primary N) is 1. The molecule has 4 heteroatoms. The normalized spacial score (nSPS) is 12.4. The summed E-state index contributed by atoms with van der Waals surface area (Å²) in [5, 5.41) is 0. The SMILES string of the molecule is Cc1ccncc1C(N)c1ccc(F)cn1. The summed E-state index contributed by atoms with van der Waals surface area (Å²) in [6.45, 7) is 1.96. The van der Waals surface area contributed by atoms with Gasteiger partial charge in [-0.3, -0.25) is 9.97 Å². The van der Waals surface area contributed by atoms with E-state index >= 15 is 0 Å². The molecule has 82 valence electrons. The Morgan fingerprint density at radius 1 is 1.25 bits per heavy atom. The van der Waals surface area contributed by atoms with E-state index in [0.29, 0.717) is 5.69 Å². The predicted octanol–water partition coefficient (Wildman–Crippen LogP) is 1.97. The van der Waals surface area contributed by atoms with Gasteiger partial charge in [0.2, 0.25) is 0 Å². The molecule has 1 unspecified atom stereocenters. The third-order valence-corrected chi connectivity index (χ3v) is 2.48. The Morgan fingerprint density at radius 3 is 2.69 bits per heavy atom. The molecule has 16 heavy (non-hydrogen) atoms. The molecule has 2 N–H and O–H groups in total. The number of aromatic nitrogens is 2. The van der Waals surface area contributed by atoms with Crippen LogP contribution in [0.2, 0.25) is 0 Å². The van der Waals surface area contributed by atoms with Crippen LogP contribution in [0.15, 0.2) is 36.8 Å². The standard InChI is InChI=1S/C12H12FN3/c1-8-4-5-15-7-10(8)12(14)11-3-2-9(13)6-16-11/h2-7,12H,14H2,1H3. The molecular weight excluding hydrogens is 205 g/mol. The van der Waals surface area contributed by atoms with Gasteiger partial charge in [0, 0.05) is 12.4 Å². The first kappa shape index (κ1) is 10.7. The summed E-state index contributed by atoms with van der Waals surface area (Å²) in [6.07, 6.45) is 4.59. The minimum absolute atomic E-state index is 0.362. The van der Waals surface area contributed by atoms with E-state index in [4.69, 9.17) is 5.73 Å². The van der Waals surface area contributed by atoms with Crippen LogP contribution < -0.4 is 5.73 Å². The van der Waals surface area contributed by atoms with Crippen molar-refractivity contribution < 1.29 is 4.39 Å². The second-order valence-corrected chi connectivity index (χ2v) is 3.61. The number of pyridine rings is 2. The van der Waals surface area contributed by atoms with Gasteiger partial charge in [0.05, 0.1) is 17.9 Å². The monoisotopic (exact) mass is 217 g/mol. The highest BCUT2D eigenvalue weighted by molar-refractivity contribution is 5.31. The maximum Gasteiger partial charge on any atom is 0.141 e. The van der Waals surface area contributed by atoms with Gasteiger partial charge >= 0.3 is 0 Å². The molecule has 0 aliphatic carbocycles. The summed E-state index contributed by atoms with van der Waals surface area (Å²) in [5.41, 5.74) is 8.63. The van der Waals surface area contributed by atoms with E-state index in [1.165, 1.54) is 12.3 Å². The van der Waals surface area contributed by atoms with E-state index in [0.717, 1.165) is 11.1 Å². The second kappa shape index (κ2) is 4.37. The molecule has 1 atom stereocenters. The Labute approximate surface area is 93.2 Å². The molecule has 2 aromatic rings. The fourth-order valence-corrected chi connectivity index (χ4v) is 1.53. The summed E-state index contributed by atoms with van der Waals surface area (Å²) in [5.74, 6) is -0.362. The molecule has 0 aromatic carbocycles. The van der Waals surface area contributed by atoms with Gasteiger partial charge in [0.15, 0.2) is 0 Å². The Bertz CT molecular complexity index is 482. The van der Waals surface area contributed by atoms with Gasteiger partial charge in [-0.25, -0.2) is 4.39 Å². The van der Waals surface area contributed by atoms with Crippen molar-refractivity contribution in [1.29, 1.82) is 0 Å². The number of rotatable bonds is 2. The van der Waals surface area contributed by atoms with Crippen LogP contribution in [-0.4, -0.2) is 9.97 Å². The van der Waals surface area contributed by atoms with Crippen LogP contribution in [0.5, 0.6) is 0 Å². The van der Waals surface area contributed by atoms with E-state index in [-0.39, 0.29) is 11.9 Å². The van der Waals surface area contributed by atoms with Crippen molar-refractivity contribution in [3.05, 3.63) is 59.4 Å². The van der Waals surface area contributed by atoms with Gasteiger partial charge in [0.1, 0.15) is 5.82 Å². The summed E-state index contributed by atoms with van der Waals surface area (Å²) < 4.78 is 12.7. The Balaban J connectivity index is 2.35. The van der Waals surface area contributed by atoms with Crippen LogP contribution in [0.25, 0.3) is 0 Å². The first-order valence-electron chi connectivity index (χ1n) is 4.96. The topological polar surface area (TPSA) is 51.8 Å². The molecule has 0 radical (unpaired) electrons.